The average molecular weight is 480 g/mol. The van der Waals surface area contributed by atoms with Crippen molar-refractivity contribution in [2.45, 2.75) is 13.5 Å². The summed E-state index contributed by atoms with van der Waals surface area (Å²) in [6.07, 6.45) is 1.36. The topological polar surface area (TPSA) is 120 Å². The molecule has 2 heterocycles. The van der Waals surface area contributed by atoms with E-state index >= 15 is 0 Å². The molecule has 2 aromatic heterocycles. The van der Waals surface area contributed by atoms with E-state index in [0.717, 1.165) is 5.56 Å². The van der Waals surface area contributed by atoms with E-state index in [1.54, 1.807) is 59.2 Å². The molecule has 0 aliphatic carbocycles. The van der Waals surface area contributed by atoms with Gasteiger partial charge >= 0.3 is 0 Å². The number of nitrogens with one attached hydrogen (secondary N) is 1. The zero-order chi connectivity index (χ0) is 25.2. The fourth-order valence-electron chi connectivity index (χ4n) is 4.15. The van der Waals surface area contributed by atoms with Crippen molar-refractivity contribution in [3.05, 3.63) is 111 Å². The van der Waals surface area contributed by atoms with Crippen LogP contribution in [0.1, 0.15) is 11.3 Å². The van der Waals surface area contributed by atoms with E-state index in [9.17, 15) is 19.7 Å². The van der Waals surface area contributed by atoms with Crippen molar-refractivity contribution in [2.24, 2.45) is 5.10 Å². The number of pyridine rings is 1. The maximum Gasteiger partial charge on any atom is 0.270 e. The Kier molecular flexibility index (Phi) is 5.87. The van der Waals surface area contributed by atoms with Gasteiger partial charge in [0.2, 0.25) is 0 Å². The number of fused-ring (bicyclic) bond motifs is 2. The molecule has 0 bridgehead atoms. The van der Waals surface area contributed by atoms with Gasteiger partial charge in [0.25, 0.3) is 11.6 Å². The van der Waals surface area contributed by atoms with Crippen molar-refractivity contribution in [2.75, 3.05) is 0 Å². The molecule has 178 valence electrons. The third-order valence-corrected chi connectivity index (χ3v) is 5.89. The number of para-hydroxylation sites is 2. The van der Waals surface area contributed by atoms with Crippen LogP contribution in [0.4, 0.5) is 5.69 Å². The van der Waals surface area contributed by atoms with Gasteiger partial charge in [-0.3, -0.25) is 19.7 Å². The number of rotatable bonds is 6. The van der Waals surface area contributed by atoms with Gasteiger partial charge in [-0.25, -0.2) is 5.43 Å². The number of benzene rings is 3. The Labute approximate surface area is 204 Å². The number of carbonyl (C=O) groups is 1. The van der Waals surface area contributed by atoms with Crippen LogP contribution in [0.2, 0.25) is 0 Å². The number of nitrogens with zero attached hydrogens (tertiary/aromatic N) is 3. The van der Waals surface area contributed by atoms with Crippen LogP contribution in [0, 0.1) is 17.0 Å². The van der Waals surface area contributed by atoms with Crippen LogP contribution in [0.5, 0.6) is 0 Å². The number of carbonyl (C=O) groups excluding carboxylic acids is 1. The number of furan rings is 1. The van der Waals surface area contributed by atoms with Crippen LogP contribution in [0.3, 0.4) is 0 Å². The molecule has 0 radical (unpaired) electrons. The Bertz CT molecular complexity index is 1670. The van der Waals surface area contributed by atoms with Crippen LogP contribution in [0.25, 0.3) is 33.1 Å². The molecule has 0 fully saturated rings. The molecule has 0 aliphatic heterocycles. The lowest BCUT2D eigenvalue weighted by atomic mass is 10.1. The minimum absolute atomic E-state index is 0.0305. The number of amides is 1. The maximum absolute atomic E-state index is 12.9. The standard InChI is InChI=1S/C27H20N4O5/c1-17-10-11-18(31(34)35)14-22(17)25-13-12-19(36-25)15-28-29-26(32)16-30-23-8-4-2-6-20(23)27(33)21-7-3-5-9-24(21)30/h2-15H,16H2,1H3,(H,29,32)/b28-15-. The number of hydrazone groups is 1. The highest BCUT2D eigenvalue weighted by molar-refractivity contribution is 5.95. The van der Waals surface area contributed by atoms with Crippen LogP contribution < -0.4 is 10.9 Å². The van der Waals surface area contributed by atoms with Crippen molar-refractivity contribution < 1.29 is 14.1 Å². The number of aromatic nitrogens is 1. The Morgan fingerprint density at radius 1 is 1.03 bits per heavy atom. The zero-order valence-electron chi connectivity index (χ0n) is 19.2. The van der Waals surface area contributed by atoms with E-state index in [2.05, 4.69) is 10.5 Å². The van der Waals surface area contributed by atoms with Gasteiger partial charge in [0.05, 0.1) is 22.2 Å². The minimum atomic E-state index is -0.460. The fourth-order valence-corrected chi connectivity index (χ4v) is 4.15. The van der Waals surface area contributed by atoms with E-state index in [1.165, 1.54) is 18.3 Å². The molecule has 0 unspecified atom stereocenters. The summed E-state index contributed by atoms with van der Waals surface area (Å²) < 4.78 is 7.54. The summed E-state index contributed by atoms with van der Waals surface area (Å²) in [5, 5.41) is 16.2. The molecule has 1 amide bonds. The normalized spacial score (nSPS) is 11.4. The molecular formula is C27H20N4O5. The molecule has 0 spiro atoms. The molecule has 0 atom stereocenters. The highest BCUT2D eigenvalue weighted by Crippen LogP contribution is 2.28. The zero-order valence-corrected chi connectivity index (χ0v) is 19.2. The molecule has 0 saturated carbocycles. The largest absolute Gasteiger partial charge is 0.455 e. The second kappa shape index (κ2) is 9.30. The van der Waals surface area contributed by atoms with E-state index in [1.807, 2.05) is 19.1 Å². The van der Waals surface area contributed by atoms with E-state index in [0.29, 0.717) is 38.9 Å². The Balaban J connectivity index is 1.36. The number of nitro benzene ring substituents is 1. The molecule has 5 aromatic rings. The molecule has 9 nitrogen and oxygen atoms in total. The lowest BCUT2D eigenvalue weighted by Crippen LogP contribution is -2.25. The van der Waals surface area contributed by atoms with Crippen LogP contribution in [-0.4, -0.2) is 21.6 Å². The van der Waals surface area contributed by atoms with Crippen LogP contribution in [0.15, 0.2) is 93.2 Å². The smallest absolute Gasteiger partial charge is 0.270 e. The first-order valence-electron chi connectivity index (χ1n) is 11.1. The lowest BCUT2D eigenvalue weighted by Gasteiger charge is -2.14. The summed E-state index contributed by atoms with van der Waals surface area (Å²) in [4.78, 5) is 36.2. The van der Waals surface area contributed by atoms with Crippen molar-refractivity contribution in [1.29, 1.82) is 0 Å². The van der Waals surface area contributed by atoms with E-state index in [4.69, 9.17) is 4.42 Å². The van der Waals surface area contributed by atoms with Gasteiger partial charge in [0.15, 0.2) is 5.43 Å². The average Bonchev–Trinajstić information content (AvgIpc) is 3.35. The molecule has 9 heteroatoms. The summed E-state index contributed by atoms with van der Waals surface area (Å²) in [5.41, 5.74) is 5.12. The minimum Gasteiger partial charge on any atom is -0.455 e. The predicted octanol–water partition coefficient (Wildman–Crippen LogP) is 4.78. The number of hydrogen-bond acceptors (Lipinski definition) is 6. The number of nitro groups is 1. The first kappa shape index (κ1) is 22.7. The van der Waals surface area contributed by atoms with E-state index in [-0.39, 0.29) is 23.6 Å². The number of non-ortho nitro benzene ring substituents is 1. The fraction of sp³-hybridized carbons (Fsp3) is 0.0741. The highest BCUT2D eigenvalue weighted by atomic mass is 16.6. The second-order valence-electron chi connectivity index (χ2n) is 8.20. The molecule has 5 rings (SSSR count). The summed E-state index contributed by atoms with van der Waals surface area (Å²) in [7, 11) is 0. The Hall–Kier alpha value is -5.05. The first-order chi connectivity index (χ1) is 17.4. The van der Waals surface area contributed by atoms with Crippen molar-refractivity contribution in [3.63, 3.8) is 0 Å². The van der Waals surface area contributed by atoms with Crippen LogP contribution in [-0.2, 0) is 11.3 Å². The molecule has 0 aliphatic rings. The molecule has 1 N–H and O–H groups in total. The predicted molar refractivity (Wildman–Crippen MR) is 137 cm³/mol. The molecule has 0 saturated heterocycles. The summed E-state index contributed by atoms with van der Waals surface area (Å²) in [5.74, 6) is 0.442. The number of hydrogen-bond donors (Lipinski definition) is 1. The third kappa shape index (κ3) is 4.25. The van der Waals surface area contributed by atoms with Gasteiger partial charge in [-0.2, -0.15) is 5.10 Å². The Morgan fingerprint density at radius 2 is 1.69 bits per heavy atom. The molecule has 3 aromatic carbocycles. The maximum atomic E-state index is 12.9. The Morgan fingerprint density at radius 3 is 2.36 bits per heavy atom. The SMILES string of the molecule is Cc1ccc([N+](=O)[O-])cc1-c1ccc(/C=N\NC(=O)Cn2c3ccccc3c(=O)c3ccccc32)o1. The monoisotopic (exact) mass is 480 g/mol. The summed E-state index contributed by atoms with van der Waals surface area (Å²) >= 11 is 0. The summed E-state index contributed by atoms with van der Waals surface area (Å²) in [6.45, 7) is 1.79. The van der Waals surface area contributed by atoms with Crippen molar-refractivity contribution in [3.8, 4) is 11.3 Å². The highest BCUT2D eigenvalue weighted by Gasteiger charge is 2.14. The van der Waals surface area contributed by atoms with Crippen molar-refractivity contribution >= 4 is 39.6 Å². The van der Waals surface area contributed by atoms with Gasteiger partial charge < -0.3 is 8.98 Å². The van der Waals surface area contributed by atoms with Gasteiger partial charge in [0, 0.05) is 28.5 Å². The molecular weight excluding hydrogens is 460 g/mol. The van der Waals surface area contributed by atoms with Crippen LogP contribution >= 0.6 is 0 Å². The first-order valence-corrected chi connectivity index (χ1v) is 11.1. The van der Waals surface area contributed by atoms with Gasteiger partial charge in [-0.05, 0) is 48.9 Å². The molecule has 36 heavy (non-hydrogen) atoms. The third-order valence-electron chi connectivity index (χ3n) is 5.89. The number of aryl methyl sites for hydroxylation is 1. The van der Waals surface area contributed by atoms with Gasteiger partial charge in [-0.15, -0.1) is 0 Å². The quantitative estimate of drug-likeness (QED) is 0.162. The lowest BCUT2D eigenvalue weighted by molar-refractivity contribution is -0.384. The van der Waals surface area contributed by atoms with Gasteiger partial charge in [0.1, 0.15) is 18.1 Å². The van der Waals surface area contributed by atoms with E-state index < -0.39 is 4.92 Å². The van der Waals surface area contributed by atoms with Gasteiger partial charge in [-0.1, -0.05) is 30.3 Å². The van der Waals surface area contributed by atoms with Crippen molar-refractivity contribution in [1.82, 2.24) is 9.99 Å². The summed E-state index contributed by atoms with van der Waals surface area (Å²) in [6, 6.07) is 22.2. The second-order valence-corrected chi connectivity index (χ2v) is 8.20.